The van der Waals surface area contributed by atoms with Gasteiger partial charge in [-0.25, -0.2) is 4.98 Å². The third-order valence-electron chi connectivity index (χ3n) is 3.01. The Kier molecular flexibility index (Phi) is 2.96. The van der Waals surface area contributed by atoms with Crippen molar-refractivity contribution in [1.82, 2.24) is 9.97 Å². The summed E-state index contributed by atoms with van der Waals surface area (Å²) in [5, 5.41) is 0. The Balaban J connectivity index is 2.18. The molecule has 2 nitrogen and oxygen atoms in total. The Morgan fingerprint density at radius 3 is 3.07 bits per heavy atom. The zero-order valence-corrected chi connectivity index (χ0v) is 9.31. The smallest absolute Gasteiger partial charge is 0.110 e. The number of aromatic amines is 1. The molecule has 0 radical (unpaired) electrons. The molecule has 2 unspecified atom stereocenters. The highest BCUT2D eigenvalue weighted by atomic mass is 32.1. The lowest BCUT2D eigenvalue weighted by molar-refractivity contribution is 0.335. The van der Waals surface area contributed by atoms with Gasteiger partial charge in [0.1, 0.15) is 10.5 Å². The molecule has 0 spiro atoms. The topological polar surface area (TPSA) is 28.7 Å². The van der Waals surface area contributed by atoms with Crippen molar-refractivity contribution in [2.45, 2.75) is 38.5 Å². The Morgan fingerprint density at radius 2 is 2.36 bits per heavy atom. The number of hydrogen-bond acceptors (Lipinski definition) is 2. The van der Waals surface area contributed by atoms with Crippen LogP contribution >= 0.6 is 12.2 Å². The van der Waals surface area contributed by atoms with Crippen LogP contribution < -0.4 is 0 Å². The summed E-state index contributed by atoms with van der Waals surface area (Å²) < 4.78 is 0.799. The van der Waals surface area contributed by atoms with Crippen LogP contribution in [0, 0.1) is 10.6 Å². The normalized spacial score (nSPS) is 27.5. The van der Waals surface area contributed by atoms with Gasteiger partial charge in [0.2, 0.25) is 0 Å². The molecule has 0 bridgehead atoms. The molecule has 0 aliphatic heterocycles. The van der Waals surface area contributed by atoms with Gasteiger partial charge in [0.25, 0.3) is 0 Å². The van der Waals surface area contributed by atoms with E-state index in [1.807, 2.05) is 12.3 Å². The number of H-pyrrole nitrogens is 1. The van der Waals surface area contributed by atoms with E-state index in [0.717, 1.165) is 16.4 Å². The molecule has 1 aromatic heterocycles. The van der Waals surface area contributed by atoms with Gasteiger partial charge >= 0.3 is 0 Å². The molecule has 2 rings (SSSR count). The van der Waals surface area contributed by atoms with Gasteiger partial charge in [-0.3, -0.25) is 0 Å². The van der Waals surface area contributed by atoms with Crippen LogP contribution in [0.1, 0.15) is 44.3 Å². The summed E-state index contributed by atoms with van der Waals surface area (Å²) in [5.74, 6) is 2.52. The van der Waals surface area contributed by atoms with E-state index in [-0.39, 0.29) is 0 Å². The SMILES string of the molecule is CC1CCCC(c2nccc(=S)[nH]2)C1. The molecule has 1 aliphatic carbocycles. The molecule has 1 aromatic rings. The van der Waals surface area contributed by atoms with Crippen molar-refractivity contribution in [3.8, 4) is 0 Å². The molecule has 1 aliphatic rings. The predicted molar refractivity (Wildman–Crippen MR) is 59.8 cm³/mol. The van der Waals surface area contributed by atoms with E-state index in [2.05, 4.69) is 16.9 Å². The third kappa shape index (κ3) is 2.21. The second-order valence-electron chi connectivity index (χ2n) is 4.29. The van der Waals surface area contributed by atoms with Crippen LogP contribution in [0.2, 0.25) is 0 Å². The number of aromatic nitrogens is 2. The first kappa shape index (κ1) is 9.84. The maximum Gasteiger partial charge on any atom is 0.110 e. The van der Waals surface area contributed by atoms with E-state index < -0.39 is 0 Å². The molecule has 76 valence electrons. The quantitative estimate of drug-likeness (QED) is 0.716. The predicted octanol–water partition coefficient (Wildman–Crippen LogP) is 3.43. The molecule has 3 heteroatoms. The number of nitrogens with zero attached hydrogens (tertiary/aromatic N) is 1. The Bertz CT molecular complexity index is 358. The minimum Gasteiger partial charge on any atom is -0.335 e. The van der Waals surface area contributed by atoms with Gasteiger partial charge in [0.15, 0.2) is 0 Å². The Labute approximate surface area is 89.8 Å². The fourth-order valence-electron chi connectivity index (χ4n) is 2.28. The molecule has 1 fully saturated rings. The number of nitrogens with one attached hydrogen (secondary N) is 1. The van der Waals surface area contributed by atoms with Crippen molar-refractivity contribution >= 4 is 12.2 Å². The van der Waals surface area contributed by atoms with Crippen LogP contribution in [0.15, 0.2) is 12.3 Å². The van der Waals surface area contributed by atoms with Crippen LogP contribution in [0.4, 0.5) is 0 Å². The molecule has 1 saturated carbocycles. The van der Waals surface area contributed by atoms with Gasteiger partial charge in [-0.1, -0.05) is 32.0 Å². The summed E-state index contributed by atoms with van der Waals surface area (Å²) in [6, 6.07) is 1.84. The van der Waals surface area contributed by atoms with E-state index in [9.17, 15) is 0 Å². The molecule has 1 heterocycles. The van der Waals surface area contributed by atoms with Crippen LogP contribution in [0.5, 0.6) is 0 Å². The fourth-order valence-corrected chi connectivity index (χ4v) is 2.44. The first-order chi connectivity index (χ1) is 6.75. The van der Waals surface area contributed by atoms with Crippen molar-refractivity contribution in [3.63, 3.8) is 0 Å². The summed E-state index contributed by atoms with van der Waals surface area (Å²) in [6.45, 7) is 2.32. The third-order valence-corrected chi connectivity index (χ3v) is 3.25. The average molecular weight is 208 g/mol. The minimum atomic E-state index is 0.599. The monoisotopic (exact) mass is 208 g/mol. The maximum atomic E-state index is 5.10. The second-order valence-corrected chi connectivity index (χ2v) is 4.73. The van der Waals surface area contributed by atoms with Gasteiger partial charge in [-0.15, -0.1) is 0 Å². The lowest BCUT2D eigenvalue weighted by Gasteiger charge is -2.25. The molecule has 1 N–H and O–H groups in total. The molecular weight excluding hydrogens is 192 g/mol. The Morgan fingerprint density at radius 1 is 1.50 bits per heavy atom. The molecule has 0 saturated heterocycles. The van der Waals surface area contributed by atoms with Crippen molar-refractivity contribution in [1.29, 1.82) is 0 Å². The molecule has 14 heavy (non-hydrogen) atoms. The Hall–Kier alpha value is -0.700. The summed E-state index contributed by atoms with van der Waals surface area (Å²) in [4.78, 5) is 7.58. The summed E-state index contributed by atoms with van der Waals surface area (Å²) in [6.07, 6.45) is 7.01. The molecule has 0 amide bonds. The van der Waals surface area contributed by atoms with E-state index in [1.54, 1.807) is 0 Å². The maximum absolute atomic E-state index is 5.10. The van der Waals surface area contributed by atoms with Crippen molar-refractivity contribution in [3.05, 3.63) is 22.7 Å². The number of hydrogen-bond donors (Lipinski definition) is 1. The average Bonchev–Trinajstić information content (AvgIpc) is 2.18. The zero-order chi connectivity index (χ0) is 9.97. The highest BCUT2D eigenvalue weighted by Crippen LogP contribution is 2.33. The van der Waals surface area contributed by atoms with E-state index in [0.29, 0.717) is 5.92 Å². The molecule has 2 atom stereocenters. The highest BCUT2D eigenvalue weighted by Gasteiger charge is 2.21. The lowest BCUT2D eigenvalue weighted by Crippen LogP contribution is -2.14. The second kappa shape index (κ2) is 4.22. The minimum absolute atomic E-state index is 0.599. The summed E-state index contributed by atoms with van der Waals surface area (Å²) in [5.41, 5.74) is 0. The molecular formula is C11H16N2S. The summed E-state index contributed by atoms with van der Waals surface area (Å²) >= 11 is 5.10. The highest BCUT2D eigenvalue weighted by molar-refractivity contribution is 7.71. The van der Waals surface area contributed by atoms with Crippen molar-refractivity contribution in [2.24, 2.45) is 5.92 Å². The fraction of sp³-hybridized carbons (Fsp3) is 0.636. The van der Waals surface area contributed by atoms with Crippen LogP contribution in [0.25, 0.3) is 0 Å². The zero-order valence-electron chi connectivity index (χ0n) is 8.49. The van der Waals surface area contributed by atoms with Crippen molar-refractivity contribution in [2.75, 3.05) is 0 Å². The van der Waals surface area contributed by atoms with E-state index in [4.69, 9.17) is 12.2 Å². The largest absolute Gasteiger partial charge is 0.335 e. The van der Waals surface area contributed by atoms with Gasteiger partial charge < -0.3 is 4.98 Å². The standard InChI is InChI=1S/C11H16N2S/c1-8-3-2-4-9(7-8)11-12-6-5-10(14)13-11/h5-6,8-9H,2-4,7H2,1H3,(H,12,13,14). The van der Waals surface area contributed by atoms with E-state index in [1.165, 1.54) is 25.7 Å². The van der Waals surface area contributed by atoms with E-state index >= 15 is 0 Å². The van der Waals surface area contributed by atoms with Gasteiger partial charge in [-0.2, -0.15) is 0 Å². The summed E-state index contributed by atoms with van der Waals surface area (Å²) in [7, 11) is 0. The lowest BCUT2D eigenvalue weighted by atomic mass is 9.82. The van der Waals surface area contributed by atoms with Gasteiger partial charge in [0, 0.05) is 12.1 Å². The van der Waals surface area contributed by atoms with Gasteiger partial charge in [0.05, 0.1) is 0 Å². The number of rotatable bonds is 1. The van der Waals surface area contributed by atoms with Crippen LogP contribution in [-0.4, -0.2) is 9.97 Å². The first-order valence-electron chi connectivity index (χ1n) is 5.31. The van der Waals surface area contributed by atoms with Crippen molar-refractivity contribution < 1.29 is 0 Å². The molecule has 0 aromatic carbocycles. The van der Waals surface area contributed by atoms with Crippen LogP contribution in [0.3, 0.4) is 0 Å². The first-order valence-corrected chi connectivity index (χ1v) is 5.72. The van der Waals surface area contributed by atoms with Gasteiger partial charge in [-0.05, 0) is 24.8 Å². The van der Waals surface area contributed by atoms with Crippen LogP contribution in [-0.2, 0) is 0 Å².